The molecule has 0 aliphatic heterocycles. The van der Waals surface area contributed by atoms with Crippen LogP contribution < -0.4 is 0 Å². The molecule has 0 radical (unpaired) electrons. The Morgan fingerprint density at radius 2 is 0.540 bits per heavy atom. The second-order valence-electron chi connectivity index (χ2n) is 15.8. The molecule has 50 heavy (non-hydrogen) atoms. The summed E-state index contributed by atoms with van der Waals surface area (Å²) >= 11 is 0. The number of phenolic OH excluding ortho intramolecular Hbond substituents is 2. The summed E-state index contributed by atoms with van der Waals surface area (Å²) in [6.45, 7) is 17.6. The standard InChI is InChI=1S/C48H50O2/c1-45(2,33-21-13-9-14-22-33)37-29-39(43(49)41(31-37)47(5,6)35-25-17-11-18-26-35)40-30-38(46(3,4)34-23-15-10-16-24-34)32-42(44(40)50)48(7,8)36-27-19-12-20-28-36/h9-32,49-50H,1-8H3. The maximum atomic E-state index is 12.5. The number of rotatable bonds is 9. The minimum atomic E-state index is -0.536. The van der Waals surface area contributed by atoms with Gasteiger partial charge in [-0.2, -0.15) is 0 Å². The van der Waals surface area contributed by atoms with Crippen LogP contribution in [0.3, 0.4) is 0 Å². The van der Waals surface area contributed by atoms with Gasteiger partial charge in [0.1, 0.15) is 11.5 Å². The van der Waals surface area contributed by atoms with E-state index in [2.05, 4.69) is 152 Å². The molecule has 0 unspecified atom stereocenters. The Morgan fingerprint density at radius 3 is 0.800 bits per heavy atom. The zero-order valence-electron chi connectivity index (χ0n) is 30.8. The van der Waals surface area contributed by atoms with E-state index in [9.17, 15) is 10.2 Å². The van der Waals surface area contributed by atoms with Gasteiger partial charge in [0.15, 0.2) is 0 Å². The van der Waals surface area contributed by atoms with E-state index < -0.39 is 21.7 Å². The Morgan fingerprint density at radius 1 is 0.300 bits per heavy atom. The van der Waals surface area contributed by atoms with Crippen molar-refractivity contribution in [3.63, 3.8) is 0 Å². The highest BCUT2D eigenvalue weighted by Crippen LogP contribution is 2.51. The number of phenols is 2. The Hall–Kier alpha value is -5.08. The molecule has 6 aromatic carbocycles. The van der Waals surface area contributed by atoms with Crippen molar-refractivity contribution >= 4 is 0 Å². The number of benzene rings is 6. The number of aromatic hydroxyl groups is 2. The molecule has 0 aliphatic rings. The molecule has 254 valence electrons. The predicted octanol–water partition coefficient (Wildman–Crippen LogP) is 12.1. The van der Waals surface area contributed by atoms with E-state index in [0.717, 1.165) is 33.4 Å². The number of hydrogen-bond acceptors (Lipinski definition) is 2. The SMILES string of the molecule is CC(C)(c1ccccc1)c1cc(-c2cc(C(C)(C)c3ccccc3)cc(C(C)(C)c3ccccc3)c2O)c(O)c(C(C)(C)c2ccccc2)c1. The summed E-state index contributed by atoms with van der Waals surface area (Å²) in [5.74, 6) is 0.361. The molecule has 0 heterocycles. The van der Waals surface area contributed by atoms with Crippen LogP contribution in [0.4, 0.5) is 0 Å². The third-order valence-electron chi connectivity index (χ3n) is 11.3. The number of hydrogen-bond donors (Lipinski definition) is 2. The summed E-state index contributed by atoms with van der Waals surface area (Å²) < 4.78 is 0. The smallest absolute Gasteiger partial charge is 0.127 e. The van der Waals surface area contributed by atoms with Gasteiger partial charge in [0.2, 0.25) is 0 Å². The van der Waals surface area contributed by atoms with E-state index in [4.69, 9.17) is 0 Å². The molecule has 0 amide bonds. The van der Waals surface area contributed by atoms with Crippen molar-refractivity contribution < 1.29 is 10.2 Å². The topological polar surface area (TPSA) is 40.5 Å². The first-order valence-corrected chi connectivity index (χ1v) is 17.6. The van der Waals surface area contributed by atoms with E-state index >= 15 is 0 Å². The van der Waals surface area contributed by atoms with E-state index in [0.29, 0.717) is 11.1 Å². The summed E-state index contributed by atoms with van der Waals surface area (Å²) in [6.07, 6.45) is 0. The highest BCUT2D eigenvalue weighted by Gasteiger charge is 2.36. The summed E-state index contributed by atoms with van der Waals surface area (Å²) in [5, 5.41) is 25.1. The van der Waals surface area contributed by atoms with Crippen LogP contribution in [0.1, 0.15) is 99.9 Å². The molecular formula is C48H50O2. The fourth-order valence-corrected chi connectivity index (χ4v) is 7.42. The summed E-state index contributed by atoms with van der Waals surface area (Å²) in [7, 11) is 0. The van der Waals surface area contributed by atoms with Crippen molar-refractivity contribution in [3.05, 3.63) is 190 Å². The molecule has 0 saturated carbocycles. The van der Waals surface area contributed by atoms with Crippen LogP contribution in [0, 0.1) is 0 Å². The Kier molecular flexibility index (Phi) is 9.03. The van der Waals surface area contributed by atoms with Gasteiger partial charge in [0.25, 0.3) is 0 Å². The second kappa shape index (κ2) is 13.0. The maximum absolute atomic E-state index is 12.5. The van der Waals surface area contributed by atoms with E-state index in [1.807, 2.05) is 48.5 Å². The highest BCUT2D eigenvalue weighted by molar-refractivity contribution is 5.81. The molecule has 6 aromatic rings. The molecule has 2 nitrogen and oxygen atoms in total. The van der Waals surface area contributed by atoms with Gasteiger partial charge in [-0.25, -0.2) is 0 Å². The minimum absolute atomic E-state index is 0.180. The molecule has 0 aromatic heterocycles. The molecule has 2 N–H and O–H groups in total. The Bertz CT molecular complexity index is 1930. The van der Waals surface area contributed by atoms with Crippen molar-refractivity contribution in [2.75, 3.05) is 0 Å². The monoisotopic (exact) mass is 658 g/mol. The van der Waals surface area contributed by atoms with Crippen LogP contribution in [0.5, 0.6) is 11.5 Å². The minimum Gasteiger partial charge on any atom is -0.507 e. The van der Waals surface area contributed by atoms with Gasteiger partial charge in [-0.3, -0.25) is 0 Å². The van der Waals surface area contributed by atoms with Gasteiger partial charge in [0, 0.05) is 43.9 Å². The fraction of sp³-hybridized carbons (Fsp3) is 0.250. The van der Waals surface area contributed by atoms with Crippen LogP contribution in [0.2, 0.25) is 0 Å². The molecule has 0 saturated heterocycles. The van der Waals surface area contributed by atoms with Gasteiger partial charge in [-0.05, 0) is 45.5 Å². The van der Waals surface area contributed by atoms with Crippen molar-refractivity contribution in [2.24, 2.45) is 0 Å². The van der Waals surface area contributed by atoms with Crippen molar-refractivity contribution in [2.45, 2.75) is 77.0 Å². The predicted molar refractivity (Wildman–Crippen MR) is 209 cm³/mol. The lowest BCUT2D eigenvalue weighted by atomic mass is 9.70. The quantitative estimate of drug-likeness (QED) is 0.162. The highest BCUT2D eigenvalue weighted by atomic mass is 16.3. The van der Waals surface area contributed by atoms with Crippen molar-refractivity contribution in [1.82, 2.24) is 0 Å². The summed E-state index contributed by atoms with van der Waals surface area (Å²) in [6, 6.07) is 50.3. The fourth-order valence-electron chi connectivity index (χ4n) is 7.42. The molecule has 0 atom stereocenters. The van der Waals surface area contributed by atoms with Crippen LogP contribution in [0.25, 0.3) is 11.1 Å². The first-order chi connectivity index (χ1) is 23.7. The maximum Gasteiger partial charge on any atom is 0.127 e. The molecule has 0 aliphatic carbocycles. The first-order valence-electron chi connectivity index (χ1n) is 17.6. The van der Waals surface area contributed by atoms with Crippen molar-refractivity contribution in [3.8, 4) is 22.6 Å². The molecule has 0 fully saturated rings. The Balaban J connectivity index is 1.70. The van der Waals surface area contributed by atoms with Crippen LogP contribution in [0.15, 0.2) is 146 Å². The van der Waals surface area contributed by atoms with Crippen molar-refractivity contribution in [1.29, 1.82) is 0 Å². The lowest BCUT2D eigenvalue weighted by Gasteiger charge is -2.34. The van der Waals surface area contributed by atoms with E-state index in [-0.39, 0.29) is 11.5 Å². The van der Waals surface area contributed by atoms with Crippen LogP contribution in [-0.4, -0.2) is 10.2 Å². The van der Waals surface area contributed by atoms with Gasteiger partial charge >= 0.3 is 0 Å². The lowest BCUT2D eigenvalue weighted by Crippen LogP contribution is -2.24. The summed E-state index contributed by atoms with van der Waals surface area (Å²) in [5.41, 5.74) is 7.69. The largest absolute Gasteiger partial charge is 0.507 e. The average Bonchev–Trinajstić information content (AvgIpc) is 3.13. The Labute approximate surface area is 299 Å². The van der Waals surface area contributed by atoms with E-state index in [1.54, 1.807) is 0 Å². The zero-order chi connectivity index (χ0) is 35.9. The van der Waals surface area contributed by atoms with Crippen LogP contribution in [-0.2, 0) is 21.7 Å². The normalized spacial score (nSPS) is 12.6. The van der Waals surface area contributed by atoms with Crippen LogP contribution >= 0.6 is 0 Å². The third kappa shape index (κ3) is 6.13. The van der Waals surface area contributed by atoms with E-state index in [1.165, 1.54) is 11.1 Å². The molecule has 0 spiro atoms. The zero-order valence-corrected chi connectivity index (χ0v) is 30.8. The summed E-state index contributed by atoms with van der Waals surface area (Å²) in [4.78, 5) is 0. The molecule has 6 rings (SSSR count). The second-order valence-corrected chi connectivity index (χ2v) is 15.8. The first kappa shape index (κ1) is 34.8. The van der Waals surface area contributed by atoms with Gasteiger partial charge in [0.05, 0.1) is 0 Å². The molecular weight excluding hydrogens is 609 g/mol. The molecule has 0 bridgehead atoms. The third-order valence-corrected chi connectivity index (χ3v) is 11.3. The lowest BCUT2D eigenvalue weighted by molar-refractivity contribution is 0.445. The van der Waals surface area contributed by atoms with Gasteiger partial charge < -0.3 is 10.2 Å². The van der Waals surface area contributed by atoms with Gasteiger partial charge in [-0.15, -0.1) is 0 Å². The molecule has 2 heteroatoms. The average molecular weight is 659 g/mol. The van der Waals surface area contributed by atoms with Gasteiger partial charge in [-0.1, -0.05) is 189 Å².